The first kappa shape index (κ1) is 21.8. The molecule has 1 N–H and O–H groups in total. The SMILES string of the molecule is COc1cccc(CNC(=O)Cn2cnc3c(c2=O)CN(Cc2ccc(C)cc2)CC3)c1. The molecule has 2 aromatic carbocycles. The fourth-order valence-corrected chi connectivity index (χ4v) is 3.90. The Morgan fingerprint density at radius 2 is 1.97 bits per heavy atom. The number of nitrogens with zero attached hydrogens (tertiary/aromatic N) is 3. The van der Waals surface area contributed by atoms with Crippen molar-refractivity contribution in [1.82, 2.24) is 19.8 Å². The standard InChI is InChI=1S/C25H28N4O3/c1-18-6-8-19(9-7-18)14-28-11-10-23-22(15-28)25(31)29(17-27-23)16-24(30)26-13-20-4-3-5-21(12-20)32-2/h3-9,12,17H,10-11,13-16H2,1-2H3,(H,26,30). The Kier molecular flexibility index (Phi) is 6.66. The van der Waals surface area contributed by atoms with Gasteiger partial charge >= 0.3 is 0 Å². The Bertz CT molecular complexity index is 1150. The quantitative estimate of drug-likeness (QED) is 0.621. The van der Waals surface area contributed by atoms with Crippen LogP contribution in [0.25, 0.3) is 0 Å². The molecule has 2 heterocycles. The summed E-state index contributed by atoms with van der Waals surface area (Å²) in [6, 6.07) is 16.0. The van der Waals surface area contributed by atoms with Crippen LogP contribution in [0.1, 0.15) is 27.9 Å². The molecule has 1 amide bonds. The van der Waals surface area contributed by atoms with E-state index in [4.69, 9.17) is 4.74 Å². The number of hydrogen-bond donors (Lipinski definition) is 1. The van der Waals surface area contributed by atoms with Crippen LogP contribution in [0, 0.1) is 6.92 Å². The van der Waals surface area contributed by atoms with Crippen LogP contribution in [0.3, 0.4) is 0 Å². The largest absolute Gasteiger partial charge is 0.497 e. The highest BCUT2D eigenvalue weighted by Crippen LogP contribution is 2.17. The molecular weight excluding hydrogens is 404 g/mol. The molecule has 0 saturated heterocycles. The van der Waals surface area contributed by atoms with E-state index in [1.807, 2.05) is 24.3 Å². The zero-order valence-corrected chi connectivity index (χ0v) is 18.5. The maximum Gasteiger partial charge on any atom is 0.258 e. The van der Waals surface area contributed by atoms with Crippen molar-refractivity contribution in [1.29, 1.82) is 0 Å². The number of fused-ring (bicyclic) bond motifs is 1. The third-order valence-electron chi connectivity index (χ3n) is 5.73. The fourth-order valence-electron chi connectivity index (χ4n) is 3.90. The van der Waals surface area contributed by atoms with Gasteiger partial charge in [0.25, 0.3) is 5.56 Å². The molecule has 7 nitrogen and oxygen atoms in total. The van der Waals surface area contributed by atoms with Gasteiger partial charge in [0.2, 0.25) is 5.91 Å². The molecule has 4 rings (SSSR count). The maximum atomic E-state index is 13.0. The van der Waals surface area contributed by atoms with Crippen molar-refractivity contribution < 1.29 is 9.53 Å². The second kappa shape index (κ2) is 9.78. The average molecular weight is 433 g/mol. The molecule has 32 heavy (non-hydrogen) atoms. The van der Waals surface area contributed by atoms with Gasteiger partial charge in [0.15, 0.2) is 0 Å². The van der Waals surface area contributed by atoms with Crippen molar-refractivity contribution in [2.75, 3.05) is 13.7 Å². The monoisotopic (exact) mass is 432 g/mol. The minimum absolute atomic E-state index is 0.0545. The summed E-state index contributed by atoms with van der Waals surface area (Å²) in [7, 11) is 1.61. The molecular formula is C25H28N4O3. The van der Waals surface area contributed by atoms with Gasteiger partial charge in [-0.3, -0.25) is 19.1 Å². The topological polar surface area (TPSA) is 76.5 Å². The molecule has 7 heteroatoms. The lowest BCUT2D eigenvalue weighted by molar-refractivity contribution is -0.121. The summed E-state index contributed by atoms with van der Waals surface area (Å²) in [6.07, 6.45) is 2.22. The summed E-state index contributed by atoms with van der Waals surface area (Å²) >= 11 is 0. The number of methoxy groups -OCH3 is 1. The van der Waals surface area contributed by atoms with E-state index in [2.05, 4.69) is 46.4 Å². The van der Waals surface area contributed by atoms with Crippen molar-refractivity contribution in [2.45, 2.75) is 39.5 Å². The number of ether oxygens (including phenoxy) is 1. The molecule has 0 fully saturated rings. The van der Waals surface area contributed by atoms with Gasteiger partial charge in [-0.1, -0.05) is 42.0 Å². The average Bonchev–Trinajstić information content (AvgIpc) is 2.81. The molecule has 3 aromatic rings. The van der Waals surface area contributed by atoms with Crippen LogP contribution in [0.4, 0.5) is 0 Å². The van der Waals surface area contributed by atoms with E-state index in [-0.39, 0.29) is 18.0 Å². The summed E-state index contributed by atoms with van der Waals surface area (Å²) in [5.74, 6) is 0.506. The number of aromatic nitrogens is 2. The number of benzene rings is 2. The Morgan fingerprint density at radius 1 is 1.16 bits per heavy atom. The number of amides is 1. The normalized spacial score (nSPS) is 13.4. The molecule has 0 bridgehead atoms. The van der Waals surface area contributed by atoms with Crippen molar-refractivity contribution >= 4 is 5.91 Å². The number of aryl methyl sites for hydroxylation is 1. The Hall–Kier alpha value is -3.45. The number of hydrogen-bond acceptors (Lipinski definition) is 5. The van der Waals surface area contributed by atoms with Crippen LogP contribution >= 0.6 is 0 Å². The lowest BCUT2D eigenvalue weighted by Gasteiger charge is -2.28. The van der Waals surface area contributed by atoms with Gasteiger partial charge in [0.1, 0.15) is 12.3 Å². The molecule has 166 valence electrons. The van der Waals surface area contributed by atoms with Crippen LogP contribution in [0.15, 0.2) is 59.7 Å². The zero-order valence-electron chi connectivity index (χ0n) is 18.5. The summed E-state index contributed by atoms with van der Waals surface area (Å²) in [4.78, 5) is 32.2. The van der Waals surface area contributed by atoms with E-state index >= 15 is 0 Å². The van der Waals surface area contributed by atoms with Gasteiger partial charge in [-0.05, 0) is 30.2 Å². The van der Waals surface area contributed by atoms with Crippen molar-refractivity contribution in [3.05, 3.63) is 93.2 Å². The second-order valence-corrected chi connectivity index (χ2v) is 8.18. The van der Waals surface area contributed by atoms with Gasteiger partial charge in [-0.25, -0.2) is 4.98 Å². The third-order valence-corrected chi connectivity index (χ3v) is 5.73. The fraction of sp³-hybridized carbons (Fsp3) is 0.320. The predicted octanol–water partition coefficient (Wildman–Crippen LogP) is 2.44. The highest BCUT2D eigenvalue weighted by molar-refractivity contribution is 5.75. The lowest BCUT2D eigenvalue weighted by atomic mass is 10.1. The van der Waals surface area contributed by atoms with Crippen LogP contribution in [0.5, 0.6) is 5.75 Å². The number of carbonyl (C=O) groups excluding carboxylic acids is 1. The third kappa shape index (κ3) is 5.23. The molecule has 0 aliphatic carbocycles. The maximum absolute atomic E-state index is 13.0. The van der Waals surface area contributed by atoms with Crippen LogP contribution in [-0.2, 0) is 37.4 Å². The van der Waals surface area contributed by atoms with Crippen LogP contribution in [0.2, 0.25) is 0 Å². The van der Waals surface area contributed by atoms with Gasteiger partial charge in [0, 0.05) is 32.6 Å². The van der Waals surface area contributed by atoms with Crippen molar-refractivity contribution in [2.24, 2.45) is 0 Å². The zero-order chi connectivity index (χ0) is 22.5. The highest BCUT2D eigenvalue weighted by Gasteiger charge is 2.22. The summed E-state index contributed by atoms with van der Waals surface area (Å²) in [6.45, 7) is 4.57. The minimum atomic E-state index is -0.232. The summed E-state index contributed by atoms with van der Waals surface area (Å²) in [5.41, 5.74) is 4.77. The molecule has 0 saturated carbocycles. The summed E-state index contributed by atoms with van der Waals surface area (Å²) in [5, 5.41) is 2.86. The molecule has 0 unspecified atom stereocenters. The Balaban J connectivity index is 1.40. The Labute approximate surface area is 187 Å². The van der Waals surface area contributed by atoms with Gasteiger partial charge in [0.05, 0.1) is 24.7 Å². The van der Waals surface area contributed by atoms with E-state index in [0.29, 0.717) is 18.7 Å². The molecule has 1 aliphatic heterocycles. The number of carbonyl (C=O) groups is 1. The predicted molar refractivity (Wildman–Crippen MR) is 122 cm³/mol. The highest BCUT2D eigenvalue weighted by atomic mass is 16.5. The minimum Gasteiger partial charge on any atom is -0.497 e. The van der Waals surface area contributed by atoms with Crippen LogP contribution in [-0.4, -0.2) is 34.0 Å². The van der Waals surface area contributed by atoms with Gasteiger partial charge < -0.3 is 10.1 Å². The molecule has 0 spiro atoms. The Morgan fingerprint density at radius 3 is 2.75 bits per heavy atom. The molecule has 0 atom stereocenters. The van der Waals surface area contributed by atoms with E-state index in [1.165, 1.54) is 22.0 Å². The number of rotatable bonds is 7. The molecule has 0 radical (unpaired) electrons. The number of nitrogens with one attached hydrogen (secondary N) is 1. The molecule has 1 aliphatic rings. The van der Waals surface area contributed by atoms with E-state index in [1.54, 1.807) is 7.11 Å². The second-order valence-electron chi connectivity index (χ2n) is 8.18. The smallest absolute Gasteiger partial charge is 0.258 e. The molecule has 1 aromatic heterocycles. The first-order valence-electron chi connectivity index (χ1n) is 10.8. The van der Waals surface area contributed by atoms with E-state index in [9.17, 15) is 9.59 Å². The van der Waals surface area contributed by atoms with Crippen molar-refractivity contribution in [3.63, 3.8) is 0 Å². The first-order chi connectivity index (χ1) is 15.5. The van der Waals surface area contributed by atoms with E-state index < -0.39 is 0 Å². The summed E-state index contributed by atoms with van der Waals surface area (Å²) < 4.78 is 6.60. The van der Waals surface area contributed by atoms with Crippen molar-refractivity contribution in [3.8, 4) is 5.75 Å². The van der Waals surface area contributed by atoms with E-state index in [0.717, 1.165) is 36.5 Å². The van der Waals surface area contributed by atoms with Gasteiger partial charge in [-0.2, -0.15) is 0 Å². The van der Waals surface area contributed by atoms with Gasteiger partial charge in [-0.15, -0.1) is 0 Å². The first-order valence-corrected chi connectivity index (χ1v) is 10.8. The lowest BCUT2D eigenvalue weighted by Crippen LogP contribution is -2.39. The van der Waals surface area contributed by atoms with Crippen LogP contribution < -0.4 is 15.6 Å².